The van der Waals surface area contributed by atoms with Crippen molar-refractivity contribution >= 4 is 0 Å². The molecule has 67 valence electrons. The van der Waals surface area contributed by atoms with Crippen molar-refractivity contribution in [1.29, 1.82) is 0 Å². The lowest BCUT2D eigenvalue weighted by Crippen LogP contribution is -2.26. The summed E-state index contributed by atoms with van der Waals surface area (Å²) in [6.07, 6.45) is 7.14. The fourth-order valence-corrected chi connectivity index (χ4v) is 1.16. The van der Waals surface area contributed by atoms with Crippen molar-refractivity contribution in [2.24, 2.45) is 0 Å². The summed E-state index contributed by atoms with van der Waals surface area (Å²) in [5.74, 6) is 0. The second-order valence-corrected chi connectivity index (χ2v) is 2.77. The molecule has 1 aliphatic rings. The number of hydrogen-bond acceptors (Lipinski definition) is 2. The van der Waals surface area contributed by atoms with E-state index in [1.807, 2.05) is 6.08 Å². The molecule has 1 rings (SSSR count). The van der Waals surface area contributed by atoms with E-state index in [9.17, 15) is 0 Å². The van der Waals surface area contributed by atoms with Crippen molar-refractivity contribution in [2.45, 2.75) is 25.4 Å². The molecule has 1 heterocycles. The van der Waals surface area contributed by atoms with Gasteiger partial charge in [-0.25, -0.2) is 0 Å². The summed E-state index contributed by atoms with van der Waals surface area (Å²) in [7, 11) is 0. The zero-order valence-electron chi connectivity index (χ0n) is 7.29. The van der Waals surface area contributed by atoms with Crippen LogP contribution in [0.4, 0.5) is 0 Å². The van der Waals surface area contributed by atoms with Gasteiger partial charge in [-0.3, -0.25) is 0 Å². The van der Waals surface area contributed by atoms with Gasteiger partial charge in [0.25, 0.3) is 0 Å². The van der Waals surface area contributed by atoms with Crippen LogP contribution in [0.15, 0.2) is 25.3 Å². The minimum Gasteiger partial charge on any atom is -0.345 e. The van der Waals surface area contributed by atoms with Gasteiger partial charge in [-0.1, -0.05) is 12.2 Å². The molecule has 2 heteroatoms. The van der Waals surface area contributed by atoms with E-state index in [0.717, 1.165) is 19.4 Å². The van der Waals surface area contributed by atoms with E-state index in [1.165, 1.54) is 0 Å². The van der Waals surface area contributed by atoms with E-state index in [0.29, 0.717) is 12.7 Å². The van der Waals surface area contributed by atoms with E-state index >= 15 is 0 Å². The maximum atomic E-state index is 5.52. The first-order chi connectivity index (χ1) is 5.86. The zero-order chi connectivity index (χ0) is 8.81. The van der Waals surface area contributed by atoms with E-state index in [4.69, 9.17) is 9.47 Å². The Balaban J connectivity index is 2.29. The zero-order valence-corrected chi connectivity index (χ0v) is 7.29. The van der Waals surface area contributed by atoms with Gasteiger partial charge < -0.3 is 9.47 Å². The lowest BCUT2D eigenvalue weighted by Gasteiger charge is -2.27. The molecule has 0 aliphatic carbocycles. The summed E-state index contributed by atoms with van der Waals surface area (Å²) in [5, 5.41) is 0. The summed E-state index contributed by atoms with van der Waals surface area (Å²) in [6.45, 7) is 8.05. The molecule has 0 aromatic carbocycles. The summed E-state index contributed by atoms with van der Waals surface area (Å²) in [4.78, 5) is 0. The maximum absolute atomic E-state index is 5.52. The lowest BCUT2D eigenvalue weighted by molar-refractivity contribution is -0.127. The predicted octanol–water partition coefficient (Wildman–Crippen LogP) is 2.43. The molecule has 0 saturated carbocycles. The van der Waals surface area contributed by atoms with Crippen LogP contribution in [0.25, 0.3) is 0 Å². The Morgan fingerprint density at radius 3 is 2.92 bits per heavy atom. The molecule has 0 aromatic rings. The van der Waals surface area contributed by atoms with Crippen LogP contribution in [0.1, 0.15) is 19.3 Å². The summed E-state index contributed by atoms with van der Waals surface area (Å²) >= 11 is 0. The molecule has 1 saturated heterocycles. The molecule has 0 N–H and O–H groups in total. The van der Waals surface area contributed by atoms with Crippen LogP contribution in [0.2, 0.25) is 0 Å². The first kappa shape index (κ1) is 9.49. The van der Waals surface area contributed by atoms with Crippen LogP contribution in [0, 0.1) is 6.29 Å². The van der Waals surface area contributed by atoms with Crippen LogP contribution >= 0.6 is 0 Å². The van der Waals surface area contributed by atoms with Gasteiger partial charge in [0.1, 0.15) is 0 Å². The first-order valence-electron chi connectivity index (χ1n) is 4.24. The van der Waals surface area contributed by atoms with Gasteiger partial charge in [0.05, 0.1) is 12.7 Å². The minimum absolute atomic E-state index is 0.256. The Kier molecular flexibility index (Phi) is 4.05. The van der Waals surface area contributed by atoms with Crippen LogP contribution in [-0.4, -0.2) is 12.7 Å². The Morgan fingerprint density at radius 2 is 2.25 bits per heavy atom. The molecule has 1 aliphatic heterocycles. The fraction of sp³-hybridized carbons (Fsp3) is 0.500. The Labute approximate surface area is 73.9 Å². The van der Waals surface area contributed by atoms with E-state index in [2.05, 4.69) is 13.2 Å². The molecule has 1 fully saturated rings. The Hall–Kier alpha value is -0.600. The maximum Gasteiger partial charge on any atom is 0.227 e. The van der Waals surface area contributed by atoms with Crippen LogP contribution in [0.3, 0.4) is 0 Å². The second-order valence-electron chi connectivity index (χ2n) is 2.77. The van der Waals surface area contributed by atoms with Gasteiger partial charge in [0.15, 0.2) is 0 Å². The molecular formula is C10H15O2. The fourth-order valence-electron chi connectivity index (χ4n) is 1.16. The van der Waals surface area contributed by atoms with Gasteiger partial charge in [-0.05, 0) is 12.8 Å². The van der Waals surface area contributed by atoms with Gasteiger partial charge in [0.2, 0.25) is 6.29 Å². The van der Waals surface area contributed by atoms with E-state index in [-0.39, 0.29) is 6.10 Å². The first-order valence-corrected chi connectivity index (χ1v) is 4.24. The van der Waals surface area contributed by atoms with Crippen molar-refractivity contribution < 1.29 is 9.47 Å². The average Bonchev–Trinajstić information content (AvgIpc) is 2.06. The minimum atomic E-state index is 0.256. The van der Waals surface area contributed by atoms with Crippen molar-refractivity contribution in [2.75, 3.05) is 6.61 Å². The standard InChI is InChI=1S/C10H15O2/c1-3-5-9-7-8-11-10(12-9)6-4-2/h3-4,9H,1-2,5-8H2. The van der Waals surface area contributed by atoms with Gasteiger partial charge >= 0.3 is 0 Å². The Morgan fingerprint density at radius 1 is 1.42 bits per heavy atom. The third-order valence-corrected chi connectivity index (χ3v) is 1.74. The van der Waals surface area contributed by atoms with Crippen molar-refractivity contribution in [1.82, 2.24) is 0 Å². The lowest BCUT2D eigenvalue weighted by atomic mass is 10.2. The number of rotatable bonds is 4. The van der Waals surface area contributed by atoms with Crippen LogP contribution < -0.4 is 0 Å². The molecule has 1 atom stereocenters. The van der Waals surface area contributed by atoms with Crippen molar-refractivity contribution in [3.05, 3.63) is 31.6 Å². The second kappa shape index (κ2) is 5.12. The summed E-state index contributed by atoms with van der Waals surface area (Å²) in [6, 6.07) is 0. The number of hydrogen-bond donors (Lipinski definition) is 0. The highest BCUT2D eigenvalue weighted by Crippen LogP contribution is 2.23. The SMILES string of the molecule is C=CC[C]1OCCC(CC=C)O1. The monoisotopic (exact) mass is 167 g/mol. The van der Waals surface area contributed by atoms with Gasteiger partial charge in [-0.15, -0.1) is 13.2 Å². The largest absolute Gasteiger partial charge is 0.345 e. The highest BCUT2D eigenvalue weighted by atomic mass is 16.7. The number of ether oxygens (including phenoxy) is 2. The third-order valence-electron chi connectivity index (χ3n) is 1.74. The third kappa shape index (κ3) is 2.80. The predicted molar refractivity (Wildman–Crippen MR) is 48.3 cm³/mol. The highest BCUT2D eigenvalue weighted by molar-refractivity contribution is 4.85. The average molecular weight is 167 g/mol. The highest BCUT2D eigenvalue weighted by Gasteiger charge is 2.21. The quantitative estimate of drug-likeness (QED) is 0.599. The molecule has 0 bridgehead atoms. The van der Waals surface area contributed by atoms with Gasteiger partial charge in [-0.2, -0.15) is 0 Å². The topological polar surface area (TPSA) is 18.5 Å². The molecule has 0 aromatic heterocycles. The van der Waals surface area contributed by atoms with Gasteiger partial charge in [0, 0.05) is 6.42 Å². The smallest absolute Gasteiger partial charge is 0.227 e. The molecule has 1 radical (unpaired) electrons. The van der Waals surface area contributed by atoms with Crippen LogP contribution in [0.5, 0.6) is 0 Å². The van der Waals surface area contributed by atoms with Crippen molar-refractivity contribution in [3.8, 4) is 0 Å². The molecule has 0 amide bonds. The molecule has 2 nitrogen and oxygen atoms in total. The molecule has 1 unspecified atom stereocenters. The van der Waals surface area contributed by atoms with E-state index < -0.39 is 0 Å². The summed E-state index contributed by atoms with van der Waals surface area (Å²) in [5.41, 5.74) is 0. The van der Waals surface area contributed by atoms with Crippen LogP contribution in [-0.2, 0) is 9.47 Å². The Bertz CT molecular complexity index is 138. The molecular weight excluding hydrogens is 152 g/mol. The van der Waals surface area contributed by atoms with E-state index in [1.54, 1.807) is 6.08 Å². The summed E-state index contributed by atoms with van der Waals surface area (Å²) < 4.78 is 10.8. The molecule has 0 spiro atoms. The molecule has 12 heavy (non-hydrogen) atoms. The van der Waals surface area contributed by atoms with Crippen molar-refractivity contribution in [3.63, 3.8) is 0 Å². The normalized spacial score (nSPS) is 25.2.